The van der Waals surface area contributed by atoms with Crippen molar-refractivity contribution < 1.29 is 8.42 Å². The van der Waals surface area contributed by atoms with Gasteiger partial charge in [0.2, 0.25) is 10.0 Å². The highest BCUT2D eigenvalue weighted by atomic mass is 32.2. The Kier molecular flexibility index (Phi) is 6.47. The van der Waals surface area contributed by atoms with Crippen LogP contribution in [0.3, 0.4) is 0 Å². The van der Waals surface area contributed by atoms with Crippen LogP contribution in [0, 0.1) is 12.8 Å². The summed E-state index contributed by atoms with van der Waals surface area (Å²) in [4.78, 5) is 5.20. The average molecular weight is 446 g/mol. The molecule has 31 heavy (non-hydrogen) atoms. The lowest BCUT2D eigenvalue weighted by Gasteiger charge is -2.26. The van der Waals surface area contributed by atoms with E-state index < -0.39 is 10.0 Å². The van der Waals surface area contributed by atoms with Crippen LogP contribution in [0.25, 0.3) is 11.3 Å². The van der Waals surface area contributed by atoms with E-state index in [0.717, 1.165) is 34.9 Å². The predicted octanol–water partition coefficient (Wildman–Crippen LogP) is 5.68. The Hall–Kier alpha value is -1.66. The normalized spacial score (nSPS) is 16.6. The molecule has 6 heteroatoms. The molecule has 0 unspecified atom stereocenters. The van der Waals surface area contributed by atoms with E-state index in [9.17, 15) is 8.42 Å². The second kappa shape index (κ2) is 8.36. The van der Waals surface area contributed by atoms with Crippen LogP contribution >= 0.6 is 0 Å². The van der Waals surface area contributed by atoms with Gasteiger partial charge in [-0.15, -0.1) is 0 Å². The van der Waals surface area contributed by atoms with E-state index in [1.807, 2.05) is 6.92 Å². The lowest BCUT2D eigenvalue weighted by atomic mass is 9.86. The van der Waals surface area contributed by atoms with Gasteiger partial charge in [-0.25, -0.2) is 13.6 Å². The van der Waals surface area contributed by atoms with Crippen molar-refractivity contribution in [2.24, 2.45) is 11.1 Å². The Balaban J connectivity index is 2.23. The zero-order valence-corrected chi connectivity index (χ0v) is 21.1. The lowest BCUT2D eigenvalue weighted by Crippen LogP contribution is -2.20. The van der Waals surface area contributed by atoms with E-state index in [4.69, 9.17) is 10.1 Å². The minimum absolute atomic E-state index is 0.116. The van der Waals surface area contributed by atoms with Gasteiger partial charge in [-0.3, -0.25) is 4.98 Å². The van der Waals surface area contributed by atoms with Crippen LogP contribution < -0.4 is 5.14 Å². The van der Waals surface area contributed by atoms with Gasteiger partial charge in [-0.1, -0.05) is 60.8 Å². The maximum absolute atomic E-state index is 12.3. The average Bonchev–Trinajstić information content (AvgIpc) is 2.97. The first-order chi connectivity index (χ1) is 14.2. The van der Waals surface area contributed by atoms with Gasteiger partial charge in [0.15, 0.2) is 0 Å². The Labute approximate surface area is 188 Å². The SMILES string of the molecule is Cc1c(S(N)(=O)=O)cc(-c2cc(C(C)(C)C)nc(C(C)(C)C)c2)n1CC1CCCCC1. The number of pyridine rings is 1. The standard InChI is InChI=1S/C25H39N3O2S/c1-17-21(31(26,29)30)15-20(28(17)16-18-11-9-8-10-12-18)19-13-22(24(2,3)4)27-23(14-19)25(5,6)7/h13-15,18H,8-12,16H2,1-7H3,(H2,26,29,30). The molecule has 3 rings (SSSR count). The Morgan fingerprint density at radius 1 is 0.968 bits per heavy atom. The second-order valence-corrected chi connectivity index (χ2v) is 12.8. The maximum atomic E-state index is 12.3. The van der Waals surface area contributed by atoms with E-state index in [-0.39, 0.29) is 15.7 Å². The number of sulfonamides is 1. The first kappa shape index (κ1) is 24.0. The molecule has 0 atom stereocenters. The van der Waals surface area contributed by atoms with Gasteiger partial charge in [-0.2, -0.15) is 0 Å². The highest BCUT2D eigenvalue weighted by Crippen LogP contribution is 2.36. The summed E-state index contributed by atoms with van der Waals surface area (Å²) in [7, 11) is -3.80. The molecule has 0 amide bonds. The number of aromatic nitrogens is 2. The maximum Gasteiger partial charge on any atom is 0.239 e. The Morgan fingerprint density at radius 3 is 1.94 bits per heavy atom. The van der Waals surface area contributed by atoms with Crippen molar-refractivity contribution in [3.05, 3.63) is 35.3 Å². The minimum Gasteiger partial charge on any atom is -0.343 e. The first-order valence-electron chi connectivity index (χ1n) is 11.4. The van der Waals surface area contributed by atoms with E-state index in [0.29, 0.717) is 5.92 Å². The molecule has 5 nitrogen and oxygen atoms in total. The van der Waals surface area contributed by atoms with Crippen molar-refractivity contribution in [3.8, 4) is 11.3 Å². The molecule has 1 fully saturated rings. The Morgan fingerprint density at radius 2 is 1.48 bits per heavy atom. The smallest absolute Gasteiger partial charge is 0.239 e. The molecule has 2 aromatic rings. The third-order valence-electron chi connectivity index (χ3n) is 6.45. The molecule has 2 aromatic heterocycles. The molecule has 1 aliphatic carbocycles. The summed E-state index contributed by atoms with van der Waals surface area (Å²) >= 11 is 0. The third kappa shape index (κ3) is 5.40. The van der Waals surface area contributed by atoms with E-state index in [1.165, 1.54) is 32.1 Å². The monoisotopic (exact) mass is 445 g/mol. The number of hydrogen-bond acceptors (Lipinski definition) is 3. The van der Waals surface area contributed by atoms with Crippen LogP contribution in [-0.4, -0.2) is 18.0 Å². The Bertz CT molecular complexity index is 1020. The van der Waals surface area contributed by atoms with Gasteiger partial charge in [0.25, 0.3) is 0 Å². The minimum atomic E-state index is -3.80. The molecular weight excluding hydrogens is 406 g/mol. The van der Waals surface area contributed by atoms with Gasteiger partial charge >= 0.3 is 0 Å². The van der Waals surface area contributed by atoms with Gasteiger partial charge in [0.1, 0.15) is 4.90 Å². The molecule has 0 bridgehead atoms. The molecule has 0 aliphatic heterocycles. The van der Waals surface area contributed by atoms with Crippen LogP contribution in [-0.2, 0) is 27.4 Å². The van der Waals surface area contributed by atoms with Gasteiger partial charge in [0, 0.05) is 45.7 Å². The summed E-state index contributed by atoms with van der Waals surface area (Å²) in [6.45, 7) is 15.7. The molecule has 2 N–H and O–H groups in total. The van der Waals surface area contributed by atoms with E-state index in [2.05, 4.69) is 58.2 Å². The third-order valence-corrected chi connectivity index (χ3v) is 7.48. The summed E-state index contributed by atoms with van der Waals surface area (Å²) in [6.07, 6.45) is 6.18. The largest absolute Gasteiger partial charge is 0.343 e. The summed E-state index contributed by atoms with van der Waals surface area (Å²) in [6, 6.07) is 6.00. The molecular formula is C25H39N3O2S. The quantitative estimate of drug-likeness (QED) is 0.657. The first-order valence-corrected chi connectivity index (χ1v) is 13.0. The van der Waals surface area contributed by atoms with Gasteiger partial charge < -0.3 is 4.57 Å². The fourth-order valence-corrected chi connectivity index (χ4v) is 5.26. The van der Waals surface area contributed by atoms with Crippen LogP contribution in [0.5, 0.6) is 0 Å². The van der Waals surface area contributed by atoms with Crippen LogP contribution in [0.2, 0.25) is 0 Å². The molecule has 2 heterocycles. The molecule has 0 aromatic carbocycles. The van der Waals surface area contributed by atoms with E-state index in [1.54, 1.807) is 6.07 Å². The highest BCUT2D eigenvalue weighted by molar-refractivity contribution is 7.89. The zero-order chi connectivity index (χ0) is 23.2. The molecule has 1 saturated carbocycles. The van der Waals surface area contributed by atoms with Crippen LogP contribution in [0.4, 0.5) is 0 Å². The fraction of sp³-hybridized carbons (Fsp3) is 0.640. The fourth-order valence-electron chi connectivity index (χ4n) is 4.46. The lowest BCUT2D eigenvalue weighted by molar-refractivity contribution is 0.318. The van der Waals surface area contributed by atoms with Gasteiger partial charge in [-0.05, 0) is 43.9 Å². The summed E-state index contributed by atoms with van der Waals surface area (Å²) in [5.41, 5.74) is 4.45. The van der Waals surface area contributed by atoms with Crippen molar-refractivity contribution in [1.29, 1.82) is 0 Å². The summed E-state index contributed by atoms with van der Waals surface area (Å²) in [5, 5.41) is 5.60. The summed E-state index contributed by atoms with van der Waals surface area (Å²) < 4.78 is 26.9. The zero-order valence-electron chi connectivity index (χ0n) is 20.2. The molecule has 0 spiro atoms. The number of nitrogens with two attached hydrogens (primary N) is 1. The van der Waals surface area contributed by atoms with E-state index >= 15 is 0 Å². The van der Waals surface area contributed by atoms with Crippen molar-refractivity contribution in [2.75, 3.05) is 0 Å². The number of nitrogens with zero attached hydrogens (tertiary/aromatic N) is 2. The second-order valence-electron chi connectivity index (χ2n) is 11.3. The number of primary sulfonamides is 1. The van der Waals surface area contributed by atoms with Crippen molar-refractivity contribution in [1.82, 2.24) is 9.55 Å². The molecule has 172 valence electrons. The van der Waals surface area contributed by atoms with Crippen molar-refractivity contribution in [3.63, 3.8) is 0 Å². The number of hydrogen-bond donors (Lipinski definition) is 1. The number of rotatable bonds is 4. The highest BCUT2D eigenvalue weighted by Gasteiger charge is 2.27. The van der Waals surface area contributed by atoms with Gasteiger partial charge in [0.05, 0.1) is 0 Å². The van der Waals surface area contributed by atoms with Crippen LogP contribution in [0.15, 0.2) is 23.1 Å². The molecule has 0 radical (unpaired) electrons. The predicted molar refractivity (Wildman–Crippen MR) is 128 cm³/mol. The topological polar surface area (TPSA) is 78.0 Å². The summed E-state index contributed by atoms with van der Waals surface area (Å²) in [5.74, 6) is 0.568. The van der Waals surface area contributed by atoms with Crippen LogP contribution in [0.1, 0.15) is 90.7 Å². The van der Waals surface area contributed by atoms with Crippen molar-refractivity contribution >= 4 is 10.0 Å². The molecule has 1 aliphatic rings. The molecule has 0 saturated heterocycles. The van der Waals surface area contributed by atoms with Crippen molar-refractivity contribution in [2.45, 2.75) is 103 Å².